The molecule has 4 aromatic carbocycles. The molecule has 0 nitrogen and oxygen atoms in total. The number of hydrogen-bond donors (Lipinski definition) is 0. The van der Waals surface area contributed by atoms with Crippen LogP contribution in [-0.4, -0.2) is 9.52 Å². The van der Waals surface area contributed by atoms with Gasteiger partial charge in [0.05, 0.1) is 0 Å². The van der Waals surface area contributed by atoms with Gasteiger partial charge in [-0.3, -0.25) is 0 Å². The Balaban J connectivity index is 1.56. The molecule has 0 fully saturated rings. The predicted octanol–water partition coefficient (Wildman–Crippen LogP) is 8.41. The molecule has 1 aliphatic carbocycles. The Labute approximate surface area is 254 Å². The predicted molar refractivity (Wildman–Crippen MR) is 177 cm³/mol. The first-order chi connectivity index (χ1) is 19.2. The quantitative estimate of drug-likeness (QED) is 0.154. The van der Waals surface area contributed by atoms with Crippen LogP contribution in [0.5, 0.6) is 0 Å². The molecule has 1 heterocycles. The first-order valence-corrected chi connectivity index (χ1v) is 25.2. The molecule has 0 saturated carbocycles. The number of rotatable bonds is 7. The maximum atomic E-state index is 7.91. The van der Waals surface area contributed by atoms with Crippen molar-refractivity contribution in [2.45, 2.75) is 57.0 Å². The zero-order valence-corrected chi connectivity index (χ0v) is 29.6. The molecule has 0 bridgehead atoms. The van der Waals surface area contributed by atoms with Crippen molar-refractivity contribution < 1.29 is 17.9 Å². The van der Waals surface area contributed by atoms with Gasteiger partial charge in [-0.1, -0.05) is 0 Å². The summed E-state index contributed by atoms with van der Waals surface area (Å²) in [6, 6.07) is 29.4. The van der Waals surface area contributed by atoms with Gasteiger partial charge < -0.3 is 0 Å². The number of fused-ring (bicyclic) bond motifs is 4. The summed E-state index contributed by atoms with van der Waals surface area (Å²) in [5.74, 6) is 0.988. The van der Waals surface area contributed by atoms with Gasteiger partial charge in [0, 0.05) is 0 Å². The van der Waals surface area contributed by atoms with E-state index in [0.29, 0.717) is 11.8 Å². The summed E-state index contributed by atoms with van der Waals surface area (Å²) in [5.41, 5.74) is 12.5. The number of benzene rings is 4. The van der Waals surface area contributed by atoms with Crippen LogP contribution in [0.15, 0.2) is 84.4 Å². The van der Waals surface area contributed by atoms with E-state index in [4.69, 9.17) is 17.0 Å². The molecule has 40 heavy (non-hydrogen) atoms. The van der Waals surface area contributed by atoms with E-state index < -0.39 is 27.4 Å². The zero-order valence-electron chi connectivity index (χ0n) is 24.2. The van der Waals surface area contributed by atoms with E-state index in [1.165, 1.54) is 63.7 Å². The normalized spacial score (nSPS) is 16.4. The molecule has 0 aromatic heterocycles. The second-order valence-electron chi connectivity index (χ2n) is 12.2. The number of hydrogen-bond acceptors (Lipinski definition) is 0. The molecule has 4 heteroatoms. The average molecular weight is 661 g/mol. The molecule has 4 aromatic rings. The topological polar surface area (TPSA) is 0 Å². The van der Waals surface area contributed by atoms with E-state index in [1.807, 2.05) is 0 Å². The Bertz CT molecular complexity index is 1630. The number of aryl methyl sites for hydroxylation is 1. The van der Waals surface area contributed by atoms with E-state index in [9.17, 15) is 0 Å². The van der Waals surface area contributed by atoms with Gasteiger partial charge in [-0.15, -0.1) is 0 Å². The van der Waals surface area contributed by atoms with Gasteiger partial charge >= 0.3 is 256 Å². The zero-order chi connectivity index (χ0) is 28.2. The summed E-state index contributed by atoms with van der Waals surface area (Å²) in [6.07, 6.45) is 4.52. The number of allylic oxidation sites excluding steroid dienone is 1. The molecule has 1 atom stereocenters. The Morgan fingerprint density at radius 3 is 2.23 bits per heavy atom. The Morgan fingerprint density at radius 1 is 0.800 bits per heavy atom. The van der Waals surface area contributed by atoms with Crippen molar-refractivity contribution in [1.82, 2.24) is 0 Å². The van der Waals surface area contributed by atoms with Crippen molar-refractivity contribution >= 4 is 46.3 Å². The van der Waals surface area contributed by atoms with Crippen molar-refractivity contribution in [3.63, 3.8) is 0 Å². The number of halogens is 2. The van der Waals surface area contributed by atoms with Crippen LogP contribution < -0.4 is 13.6 Å². The summed E-state index contributed by atoms with van der Waals surface area (Å²) in [7, 11) is 15.2. The van der Waals surface area contributed by atoms with E-state index >= 15 is 0 Å². The summed E-state index contributed by atoms with van der Waals surface area (Å²) in [5, 5.41) is 3.02. The van der Waals surface area contributed by atoms with Crippen molar-refractivity contribution in [3.05, 3.63) is 107 Å². The summed E-state index contributed by atoms with van der Waals surface area (Å²) in [4.78, 5) is 0. The molecule has 1 unspecified atom stereocenters. The maximum absolute atomic E-state index is 7.91. The van der Waals surface area contributed by atoms with E-state index in [-0.39, 0.29) is 3.63 Å². The summed E-state index contributed by atoms with van der Waals surface area (Å²) < 4.78 is 1.43. The molecule has 2 aliphatic rings. The third-order valence-corrected chi connectivity index (χ3v) is 23.2. The van der Waals surface area contributed by atoms with Crippen LogP contribution >= 0.6 is 17.0 Å². The fraction of sp³-hybridized carbons (Fsp3) is 0.278. The van der Waals surface area contributed by atoms with Crippen LogP contribution in [0.4, 0.5) is 0 Å². The Morgan fingerprint density at radius 2 is 1.50 bits per heavy atom. The molecule has 0 amide bonds. The van der Waals surface area contributed by atoms with E-state index in [1.54, 1.807) is 0 Å². The molecule has 0 saturated heterocycles. The first-order valence-electron chi connectivity index (χ1n) is 14.8. The molecule has 0 spiro atoms. The van der Waals surface area contributed by atoms with E-state index in [2.05, 4.69) is 120 Å². The average Bonchev–Trinajstić information content (AvgIpc) is 3.50. The van der Waals surface area contributed by atoms with Crippen molar-refractivity contribution in [2.75, 3.05) is 0 Å². The van der Waals surface area contributed by atoms with Gasteiger partial charge in [0.25, 0.3) is 0 Å². The Kier molecular flexibility index (Phi) is 7.94. The van der Waals surface area contributed by atoms with Crippen LogP contribution in [-0.2, 0) is 24.3 Å². The fourth-order valence-corrected chi connectivity index (χ4v) is 23.9. The van der Waals surface area contributed by atoms with Crippen LogP contribution in [0.1, 0.15) is 72.8 Å². The molecule has 1 aliphatic heterocycles. The van der Waals surface area contributed by atoms with Gasteiger partial charge in [-0.05, 0) is 0 Å². The van der Waals surface area contributed by atoms with Gasteiger partial charge in [-0.25, -0.2) is 0 Å². The third kappa shape index (κ3) is 4.78. The minimum atomic E-state index is -3.99. The summed E-state index contributed by atoms with van der Waals surface area (Å²) in [6.45, 7) is 11.5. The molecule has 0 radical (unpaired) electrons. The second kappa shape index (κ2) is 11.2. The van der Waals surface area contributed by atoms with Gasteiger partial charge in [0.15, 0.2) is 0 Å². The van der Waals surface area contributed by atoms with Gasteiger partial charge in [0.2, 0.25) is 0 Å². The van der Waals surface area contributed by atoms with Gasteiger partial charge in [-0.2, -0.15) is 0 Å². The summed E-state index contributed by atoms with van der Waals surface area (Å²) >= 11 is -3.99. The standard InChI is InChI=1S/C24H29.C12H9Si.2ClH.Zr/c1-6-19-11-12-20-14-18(13-16(2)3)15-23(20)24(19)22-10-8-7-9-21(22)17(4)5;1-3-7-11-9(5-1)10-6-2-4-8-12(10)13-11;;;/h7-12,14-17H,6,13H2,1-5H3;1-7H,13H2;2*1H;/q;;;;+2/p-2. The SMILES string of the molecule is CCc1ccc2c(c1-c1ccccc1C(C)C)C=C(CC(C)C)[CH]2[Zr]([Cl])([Cl])[c]1cccc2c1[SiH2]c1ccccc1-2. The van der Waals surface area contributed by atoms with Crippen LogP contribution in [0.2, 0.25) is 0 Å². The molecular weight excluding hydrogens is 623 g/mol. The van der Waals surface area contributed by atoms with Crippen LogP contribution in [0.3, 0.4) is 0 Å². The van der Waals surface area contributed by atoms with Crippen LogP contribution in [0, 0.1) is 5.92 Å². The molecule has 6 rings (SSSR count). The van der Waals surface area contributed by atoms with Gasteiger partial charge in [0.1, 0.15) is 0 Å². The minimum absolute atomic E-state index is 0.120. The molecular formula is C36H38Cl2SiZr. The van der Waals surface area contributed by atoms with Crippen molar-refractivity contribution in [2.24, 2.45) is 5.92 Å². The monoisotopic (exact) mass is 658 g/mol. The molecule has 204 valence electrons. The third-order valence-electron chi connectivity index (χ3n) is 8.83. The van der Waals surface area contributed by atoms with Crippen molar-refractivity contribution in [3.8, 4) is 22.3 Å². The molecule has 0 N–H and O–H groups in total. The van der Waals surface area contributed by atoms with Crippen LogP contribution in [0.25, 0.3) is 28.3 Å². The van der Waals surface area contributed by atoms with Crippen molar-refractivity contribution in [1.29, 1.82) is 0 Å². The van der Waals surface area contributed by atoms with E-state index in [0.717, 1.165) is 12.8 Å². The second-order valence-corrected chi connectivity index (χ2v) is 28.1. The fourth-order valence-electron chi connectivity index (χ4n) is 7.10. The Hall–Kier alpha value is -1.70. The first kappa shape index (κ1) is 28.4.